The van der Waals surface area contributed by atoms with Crippen molar-refractivity contribution in [1.82, 2.24) is 9.21 Å². The van der Waals surface area contributed by atoms with Crippen molar-refractivity contribution in [2.75, 3.05) is 31.1 Å². The van der Waals surface area contributed by atoms with Crippen molar-refractivity contribution in [3.8, 4) is 0 Å². The number of sulfone groups is 1. The van der Waals surface area contributed by atoms with Crippen LogP contribution >= 0.6 is 0 Å². The predicted octanol–water partition coefficient (Wildman–Crippen LogP) is 1.43. The molecule has 2 fully saturated rings. The zero-order valence-electron chi connectivity index (χ0n) is 15.7. The summed E-state index contributed by atoms with van der Waals surface area (Å²) in [7, 11) is -6.73. The SMILES string of the molecule is CCN(C(=O)c1cc(S(=O)(=O)N2CCCC2)ccc1C)[C@@H]1CCS(=O)(=O)C1. The van der Waals surface area contributed by atoms with Gasteiger partial charge in [-0.3, -0.25) is 4.79 Å². The van der Waals surface area contributed by atoms with Crippen LogP contribution in [-0.2, 0) is 19.9 Å². The van der Waals surface area contributed by atoms with Crippen LogP contribution in [0.3, 0.4) is 0 Å². The Kier molecular flexibility index (Phi) is 5.65. The highest BCUT2D eigenvalue weighted by atomic mass is 32.2. The first-order valence-corrected chi connectivity index (χ1v) is 12.5. The molecular weight excluding hydrogens is 388 g/mol. The standard InChI is InChI=1S/C18H26N2O5S2/c1-3-20(15-8-11-26(22,23)13-15)18(21)17-12-16(7-6-14(17)2)27(24,25)19-9-4-5-10-19/h6-7,12,15H,3-5,8-11,13H2,1-2H3/t15-/m1/s1. The topological polar surface area (TPSA) is 91.8 Å². The first kappa shape index (κ1) is 20.3. The molecule has 2 saturated heterocycles. The Labute approximate surface area is 161 Å². The summed E-state index contributed by atoms with van der Waals surface area (Å²) in [5.74, 6) is -0.253. The van der Waals surface area contributed by atoms with Crippen LogP contribution in [0.5, 0.6) is 0 Å². The Morgan fingerprint density at radius 1 is 1.26 bits per heavy atom. The molecular formula is C18H26N2O5S2. The second-order valence-corrected chi connectivity index (χ2v) is 11.4. The number of carbonyl (C=O) groups excluding carboxylic acids is 1. The maximum Gasteiger partial charge on any atom is 0.254 e. The Bertz CT molecular complexity index is 934. The average Bonchev–Trinajstić information content (AvgIpc) is 3.26. The molecule has 7 nitrogen and oxygen atoms in total. The number of hydrogen-bond acceptors (Lipinski definition) is 5. The number of amides is 1. The zero-order chi connectivity index (χ0) is 19.8. The van der Waals surface area contributed by atoms with E-state index in [0.717, 1.165) is 12.8 Å². The van der Waals surface area contributed by atoms with Gasteiger partial charge in [-0.2, -0.15) is 4.31 Å². The van der Waals surface area contributed by atoms with Crippen LogP contribution in [0.15, 0.2) is 23.1 Å². The molecule has 1 amide bonds. The molecule has 0 N–H and O–H groups in total. The summed E-state index contributed by atoms with van der Waals surface area (Å²) >= 11 is 0. The molecule has 0 aromatic heterocycles. The Morgan fingerprint density at radius 2 is 1.93 bits per heavy atom. The molecule has 3 rings (SSSR count). The largest absolute Gasteiger partial charge is 0.335 e. The zero-order valence-corrected chi connectivity index (χ0v) is 17.4. The summed E-state index contributed by atoms with van der Waals surface area (Å²) in [6, 6.07) is 4.27. The van der Waals surface area contributed by atoms with E-state index in [0.29, 0.717) is 37.2 Å². The Hall–Kier alpha value is -1.45. The van der Waals surface area contributed by atoms with Crippen molar-refractivity contribution in [3.63, 3.8) is 0 Å². The van der Waals surface area contributed by atoms with E-state index in [9.17, 15) is 21.6 Å². The van der Waals surface area contributed by atoms with Gasteiger partial charge in [0.25, 0.3) is 5.91 Å². The molecule has 150 valence electrons. The van der Waals surface area contributed by atoms with Gasteiger partial charge < -0.3 is 4.90 Å². The highest BCUT2D eigenvalue weighted by Gasteiger charge is 2.35. The van der Waals surface area contributed by atoms with Gasteiger partial charge in [-0.15, -0.1) is 0 Å². The minimum Gasteiger partial charge on any atom is -0.335 e. The number of benzene rings is 1. The maximum atomic E-state index is 13.1. The normalized spacial score (nSPS) is 22.8. The molecule has 0 radical (unpaired) electrons. The number of carbonyl (C=O) groups is 1. The van der Waals surface area contributed by atoms with Crippen molar-refractivity contribution < 1.29 is 21.6 Å². The molecule has 27 heavy (non-hydrogen) atoms. The molecule has 9 heteroatoms. The number of sulfonamides is 1. The number of hydrogen-bond donors (Lipinski definition) is 0. The van der Waals surface area contributed by atoms with Gasteiger partial charge in [0.2, 0.25) is 10.0 Å². The van der Waals surface area contributed by atoms with E-state index in [4.69, 9.17) is 0 Å². The summed E-state index contributed by atoms with van der Waals surface area (Å²) in [6.45, 7) is 4.95. The van der Waals surface area contributed by atoms with Gasteiger partial charge in [0.15, 0.2) is 9.84 Å². The molecule has 0 unspecified atom stereocenters. The lowest BCUT2D eigenvalue weighted by molar-refractivity contribution is 0.0707. The van der Waals surface area contributed by atoms with Crippen LogP contribution < -0.4 is 0 Å². The van der Waals surface area contributed by atoms with E-state index >= 15 is 0 Å². The van der Waals surface area contributed by atoms with Crippen molar-refractivity contribution in [1.29, 1.82) is 0 Å². The van der Waals surface area contributed by atoms with Crippen LogP contribution in [0.4, 0.5) is 0 Å². The second kappa shape index (κ2) is 7.52. The smallest absolute Gasteiger partial charge is 0.254 e. The molecule has 0 spiro atoms. The minimum absolute atomic E-state index is 0.0304. The van der Waals surface area contributed by atoms with Gasteiger partial charge in [-0.25, -0.2) is 16.8 Å². The molecule has 0 bridgehead atoms. The van der Waals surface area contributed by atoms with E-state index in [2.05, 4.69) is 0 Å². The number of rotatable bonds is 5. The van der Waals surface area contributed by atoms with Gasteiger partial charge >= 0.3 is 0 Å². The molecule has 2 aliphatic rings. The molecule has 0 aliphatic carbocycles. The third-order valence-corrected chi connectivity index (χ3v) is 9.04. The Balaban J connectivity index is 1.92. The van der Waals surface area contributed by atoms with Crippen molar-refractivity contribution in [2.45, 2.75) is 44.0 Å². The maximum absolute atomic E-state index is 13.1. The lowest BCUT2D eigenvalue weighted by Gasteiger charge is -2.28. The average molecular weight is 415 g/mol. The van der Waals surface area contributed by atoms with Gasteiger partial charge in [0.05, 0.1) is 16.4 Å². The van der Waals surface area contributed by atoms with E-state index in [1.165, 1.54) is 16.4 Å². The fourth-order valence-corrected chi connectivity index (χ4v) is 7.09. The van der Waals surface area contributed by atoms with E-state index in [-0.39, 0.29) is 28.4 Å². The third-order valence-electron chi connectivity index (χ3n) is 5.39. The quantitative estimate of drug-likeness (QED) is 0.727. The fraction of sp³-hybridized carbons (Fsp3) is 0.611. The van der Waals surface area contributed by atoms with Crippen molar-refractivity contribution in [2.24, 2.45) is 0 Å². The van der Waals surface area contributed by atoms with Crippen LogP contribution in [-0.4, -0.2) is 69.1 Å². The molecule has 2 aliphatic heterocycles. The van der Waals surface area contributed by atoms with Crippen molar-refractivity contribution in [3.05, 3.63) is 29.3 Å². The molecule has 1 atom stereocenters. The van der Waals surface area contributed by atoms with Crippen molar-refractivity contribution >= 4 is 25.8 Å². The number of nitrogens with zero attached hydrogens (tertiary/aromatic N) is 2. The van der Waals surface area contributed by atoms with E-state index < -0.39 is 19.9 Å². The van der Waals surface area contributed by atoms with Gasteiger partial charge in [0.1, 0.15) is 0 Å². The fourth-order valence-electron chi connectivity index (χ4n) is 3.81. The lowest BCUT2D eigenvalue weighted by Crippen LogP contribution is -2.41. The number of aryl methyl sites for hydroxylation is 1. The van der Waals surface area contributed by atoms with Crippen LogP contribution in [0.2, 0.25) is 0 Å². The van der Waals surface area contributed by atoms with E-state index in [1.54, 1.807) is 17.9 Å². The second-order valence-electron chi connectivity index (χ2n) is 7.24. The minimum atomic E-state index is -3.61. The summed E-state index contributed by atoms with van der Waals surface area (Å²) in [5.41, 5.74) is 1.00. The monoisotopic (exact) mass is 414 g/mol. The highest BCUT2D eigenvalue weighted by molar-refractivity contribution is 7.91. The summed E-state index contributed by atoms with van der Waals surface area (Å²) in [5, 5.41) is 0. The molecule has 1 aromatic carbocycles. The highest BCUT2D eigenvalue weighted by Crippen LogP contribution is 2.25. The summed E-state index contributed by atoms with van der Waals surface area (Å²) < 4.78 is 50.7. The van der Waals surface area contributed by atoms with Crippen LogP contribution in [0, 0.1) is 6.92 Å². The molecule has 1 aromatic rings. The first-order chi connectivity index (χ1) is 12.7. The third kappa shape index (κ3) is 4.05. The predicted molar refractivity (Wildman–Crippen MR) is 103 cm³/mol. The van der Waals surface area contributed by atoms with Gasteiger partial charge in [-0.1, -0.05) is 6.07 Å². The lowest BCUT2D eigenvalue weighted by atomic mass is 10.1. The van der Waals surface area contributed by atoms with Gasteiger partial charge in [0, 0.05) is 31.2 Å². The van der Waals surface area contributed by atoms with Crippen LogP contribution in [0.1, 0.15) is 42.1 Å². The summed E-state index contributed by atoms with van der Waals surface area (Å²) in [6.07, 6.45) is 2.11. The first-order valence-electron chi connectivity index (χ1n) is 9.28. The summed E-state index contributed by atoms with van der Waals surface area (Å²) in [4.78, 5) is 14.8. The molecule has 0 saturated carbocycles. The van der Waals surface area contributed by atoms with Gasteiger partial charge in [-0.05, 0) is 50.8 Å². The Morgan fingerprint density at radius 3 is 2.48 bits per heavy atom. The molecule has 2 heterocycles. The van der Waals surface area contributed by atoms with Crippen LogP contribution in [0.25, 0.3) is 0 Å². The van der Waals surface area contributed by atoms with E-state index in [1.807, 2.05) is 6.92 Å².